The largest absolute Gasteiger partial charge is 0.361 e. The Morgan fingerprint density at radius 2 is 1.93 bits per heavy atom. The molecule has 0 radical (unpaired) electrons. The summed E-state index contributed by atoms with van der Waals surface area (Å²) in [5, 5.41) is 13.0. The molecular weight excluding hydrogens is 356 g/mol. The number of hydrogen-bond donors (Lipinski definition) is 1. The Hall–Kier alpha value is -3.17. The smallest absolute Gasteiger partial charge is 0.206 e. The Labute approximate surface area is 162 Å². The van der Waals surface area contributed by atoms with E-state index in [1.54, 1.807) is 24.3 Å². The van der Waals surface area contributed by atoms with Gasteiger partial charge < -0.3 is 10.2 Å². The first-order valence-electron chi connectivity index (χ1n) is 8.46. The predicted molar refractivity (Wildman–Crippen MR) is 110 cm³/mol. The van der Waals surface area contributed by atoms with E-state index in [2.05, 4.69) is 42.4 Å². The van der Waals surface area contributed by atoms with Crippen LogP contribution < -0.4 is 10.2 Å². The van der Waals surface area contributed by atoms with Crippen molar-refractivity contribution in [3.05, 3.63) is 69.6 Å². The lowest BCUT2D eigenvalue weighted by Crippen LogP contribution is -2.13. The molecule has 5 nitrogen and oxygen atoms in total. The molecule has 0 bridgehead atoms. The van der Waals surface area contributed by atoms with E-state index in [4.69, 9.17) is 5.26 Å². The Kier molecular flexibility index (Phi) is 5.24. The summed E-state index contributed by atoms with van der Waals surface area (Å²) >= 11 is 1.31. The summed E-state index contributed by atoms with van der Waals surface area (Å²) in [5.74, 6) is 0.472. The first kappa shape index (κ1) is 18.6. The fourth-order valence-corrected chi connectivity index (χ4v) is 3.64. The monoisotopic (exact) mass is 376 g/mol. The van der Waals surface area contributed by atoms with Gasteiger partial charge in [0.25, 0.3) is 0 Å². The van der Waals surface area contributed by atoms with Gasteiger partial charge in [0.1, 0.15) is 4.88 Å². The summed E-state index contributed by atoms with van der Waals surface area (Å²) < 4.78 is 0. The molecular formula is C21H20N4OS. The van der Waals surface area contributed by atoms with Crippen LogP contribution in [0, 0.1) is 25.2 Å². The quantitative estimate of drug-likeness (QED) is 0.655. The van der Waals surface area contributed by atoms with Gasteiger partial charge in [-0.3, -0.25) is 4.79 Å². The number of thiazole rings is 1. The topological polar surface area (TPSA) is 69.0 Å². The zero-order valence-corrected chi connectivity index (χ0v) is 16.5. The molecule has 0 amide bonds. The molecule has 3 rings (SSSR count). The molecule has 0 aliphatic heterocycles. The Morgan fingerprint density at radius 1 is 1.15 bits per heavy atom. The zero-order valence-electron chi connectivity index (χ0n) is 15.7. The minimum Gasteiger partial charge on any atom is -0.361 e. The van der Waals surface area contributed by atoms with Gasteiger partial charge in [-0.2, -0.15) is 5.26 Å². The molecule has 1 heterocycles. The molecule has 1 aromatic heterocycles. The highest BCUT2D eigenvalue weighted by Gasteiger charge is 2.21. The van der Waals surface area contributed by atoms with Crippen molar-refractivity contribution in [3.63, 3.8) is 0 Å². The van der Waals surface area contributed by atoms with E-state index in [1.807, 2.05) is 25.1 Å². The van der Waals surface area contributed by atoms with Crippen molar-refractivity contribution >= 4 is 33.8 Å². The molecule has 136 valence electrons. The lowest BCUT2D eigenvalue weighted by atomic mass is 10.1. The fraction of sp³-hybridized carbons (Fsp3) is 0.190. The van der Waals surface area contributed by atoms with Crippen molar-refractivity contribution in [2.24, 2.45) is 0 Å². The predicted octanol–water partition coefficient (Wildman–Crippen LogP) is 4.67. The summed E-state index contributed by atoms with van der Waals surface area (Å²) in [6.07, 6.45) is 0. The highest BCUT2D eigenvalue weighted by Crippen LogP contribution is 2.33. The minimum atomic E-state index is -0.138. The fourth-order valence-electron chi connectivity index (χ4n) is 2.62. The van der Waals surface area contributed by atoms with Gasteiger partial charge in [-0.25, -0.2) is 4.98 Å². The summed E-state index contributed by atoms with van der Waals surface area (Å²) in [4.78, 5) is 20.0. The van der Waals surface area contributed by atoms with E-state index in [1.165, 1.54) is 22.5 Å². The number of aromatic nitrogens is 1. The first-order chi connectivity index (χ1) is 12.9. The molecule has 1 N–H and O–H groups in total. The SMILES string of the molecule is Cc1ccc(Nc2nc(N(C)C)c(C(=O)c3cccc(C#N)c3)s2)cc1C. The molecule has 2 aromatic carbocycles. The number of benzene rings is 2. The third kappa shape index (κ3) is 3.99. The molecule has 0 saturated heterocycles. The normalized spacial score (nSPS) is 10.3. The highest BCUT2D eigenvalue weighted by atomic mass is 32.1. The Bertz CT molecular complexity index is 1050. The van der Waals surface area contributed by atoms with Crippen molar-refractivity contribution in [1.82, 2.24) is 4.98 Å². The van der Waals surface area contributed by atoms with Crippen LogP contribution in [0.4, 0.5) is 16.6 Å². The van der Waals surface area contributed by atoms with E-state index < -0.39 is 0 Å². The number of nitrogens with zero attached hydrogens (tertiary/aromatic N) is 3. The molecule has 0 atom stereocenters. The van der Waals surface area contributed by atoms with Gasteiger partial charge in [0.2, 0.25) is 5.78 Å². The maximum atomic E-state index is 13.0. The second kappa shape index (κ2) is 7.60. The minimum absolute atomic E-state index is 0.138. The van der Waals surface area contributed by atoms with Gasteiger partial charge in [0.05, 0.1) is 11.6 Å². The summed E-state index contributed by atoms with van der Waals surface area (Å²) in [5.41, 5.74) is 4.29. The molecule has 0 aliphatic carbocycles. The maximum absolute atomic E-state index is 13.0. The number of hydrogen-bond acceptors (Lipinski definition) is 6. The molecule has 6 heteroatoms. The number of rotatable bonds is 5. The maximum Gasteiger partial charge on any atom is 0.206 e. The van der Waals surface area contributed by atoms with Crippen LogP contribution in [-0.4, -0.2) is 24.9 Å². The number of nitriles is 1. The van der Waals surface area contributed by atoms with Gasteiger partial charge in [-0.15, -0.1) is 0 Å². The number of ketones is 1. The molecule has 0 unspecified atom stereocenters. The summed E-state index contributed by atoms with van der Waals surface area (Å²) in [6.45, 7) is 4.13. The van der Waals surface area contributed by atoms with Gasteiger partial charge in [0, 0.05) is 25.3 Å². The molecule has 27 heavy (non-hydrogen) atoms. The molecule has 0 saturated carbocycles. The van der Waals surface area contributed by atoms with Crippen molar-refractivity contribution < 1.29 is 4.79 Å². The Morgan fingerprint density at radius 3 is 2.59 bits per heavy atom. The van der Waals surface area contributed by atoms with E-state index in [-0.39, 0.29) is 5.78 Å². The van der Waals surface area contributed by atoms with Crippen LogP contribution in [0.5, 0.6) is 0 Å². The average molecular weight is 376 g/mol. The van der Waals surface area contributed by atoms with Gasteiger partial charge >= 0.3 is 0 Å². The van der Waals surface area contributed by atoms with Crippen LogP contribution in [0.3, 0.4) is 0 Å². The van der Waals surface area contributed by atoms with E-state index in [9.17, 15) is 4.79 Å². The van der Waals surface area contributed by atoms with Crippen molar-refractivity contribution in [3.8, 4) is 6.07 Å². The lowest BCUT2D eigenvalue weighted by molar-refractivity contribution is 0.104. The zero-order chi connectivity index (χ0) is 19.6. The molecule has 3 aromatic rings. The van der Waals surface area contributed by atoms with Crippen LogP contribution in [0.2, 0.25) is 0 Å². The molecule has 0 fully saturated rings. The second-order valence-corrected chi connectivity index (χ2v) is 7.51. The van der Waals surface area contributed by atoms with E-state index >= 15 is 0 Å². The van der Waals surface area contributed by atoms with Crippen molar-refractivity contribution in [1.29, 1.82) is 5.26 Å². The van der Waals surface area contributed by atoms with Gasteiger partial charge in [0.15, 0.2) is 10.9 Å². The van der Waals surface area contributed by atoms with Crippen molar-refractivity contribution in [2.45, 2.75) is 13.8 Å². The Balaban J connectivity index is 1.96. The third-order valence-electron chi connectivity index (χ3n) is 4.25. The van der Waals surface area contributed by atoms with Crippen LogP contribution in [0.25, 0.3) is 0 Å². The number of aryl methyl sites for hydroxylation is 2. The highest BCUT2D eigenvalue weighted by molar-refractivity contribution is 7.18. The van der Waals surface area contributed by atoms with E-state index in [0.717, 1.165) is 5.69 Å². The lowest BCUT2D eigenvalue weighted by Gasteiger charge is -2.10. The standard InChI is InChI=1S/C21H20N4OS/c1-13-8-9-17(10-14(13)2)23-21-24-20(25(3)4)19(27-21)18(26)16-7-5-6-15(11-16)12-22/h5-11H,1-4H3,(H,23,24). The van der Waals surface area contributed by atoms with E-state index in [0.29, 0.717) is 27.0 Å². The molecule has 0 spiro atoms. The van der Waals surface area contributed by atoms with Crippen LogP contribution >= 0.6 is 11.3 Å². The third-order valence-corrected chi connectivity index (χ3v) is 5.21. The van der Waals surface area contributed by atoms with Crippen LogP contribution in [-0.2, 0) is 0 Å². The number of carbonyl (C=O) groups is 1. The molecule has 0 aliphatic rings. The average Bonchev–Trinajstić information content (AvgIpc) is 3.08. The van der Waals surface area contributed by atoms with Gasteiger partial charge in [-0.1, -0.05) is 29.5 Å². The van der Waals surface area contributed by atoms with Gasteiger partial charge in [-0.05, 0) is 49.2 Å². The van der Waals surface area contributed by atoms with Crippen LogP contribution in [0.15, 0.2) is 42.5 Å². The first-order valence-corrected chi connectivity index (χ1v) is 9.28. The number of anilines is 3. The van der Waals surface area contributed by atoms with Crippen LogP contribution in [0.1, 0.15) is 31.9 Å². The summed E-state index contributed by atoms with van der Waals surface area (Å²) in [6, 6.07) is 14.9. The number of nitrogens with one attached hydrogen (secondary N) is 1. The number of carbonyl (C=O) groups excluding carboxylic acids is 1. The second-order valence-electron chi connectivity index (χ2n) is 6.51. The summed E-state index contributed by atoms with van der Waals surface area (Å²) in [7, 11) is 3.72. The van der Waals surface area contributed by atoms with Crippen molar-refractivity contribution in [2.75, 3.05) is 24.3 Å².